The van der Waals surface area contributed by atoms with Gasteiger partial charge in [0.25, 0.3) is 10.2 Å². The van der Waals surface area contributed by atoms with E-state index in [1.165, 1.54) is 14.2 Å². The maximum absolute atomic E-state index is 12.0. The fraction of sp³-hybridized carbons (Fsp3) is 0.923. The van der Waals surface area contributed by atoms with E-state index in [2.05, 4.69) is 21.4 Å². The lowest BCUT2D eigenvalue weighted by atomic mass is 9.94. The zero-order chi connectivity index (χ0) is 15.9. The topological polar surface area (TPSA) is 78.9 Å². The Bertz CT molecular complexity index is 419. The quantitative estimate of drug-likeness (QED) is 0.639. The summed E-state index contributed by atoms with van der Waals surface area (Å²) in [5.74, 6) is 0.174. The van der Waals surface area contributed by atoms with Crippen molar-refractivity contribution in [2.24, 2.45) is 5.92 Å². The molecule has 1 rings (SSSR count). The number of hydrogen-bond donors (Lipinski definition) is 1. The smallest absolute Gasteiger partial charge is 0.306 e. The maximum atomic E-state index is 12.0. The van der Waals surface area contributed by atoms with Crippen LogP contribution in [-0.4, -0.2) is 71.0 Å². The molecule has 1 fully saturated rings. The third-order valence-corrected chi connectivity index (χ3v) is 5.52. The van der Waals surface area contributed by atoms with Gasteiger partial charge in [-0.05, 0) is 45.3 Å². The van der Waals surface area contributed by atoms with E-state index in [4.69, 9.17) is 0 Å². The minimum Gasteiger partial charge on any atom is -0.469 e. The van der Waals surface area contributed by atoms with Crippen LogP contribution in [0.15, 0.2) is 0 Å². The summed E-state index contributed by atoms with van der Waals surface area (Å²) >= 11 is 0. The molecule has 0 spiro atoms. The van der Waals surface area contributed by atoms with E-state index in [1.54, 1.807) is 0 Å². The normalized spacial score (nSPS) is 18.1. The molecule has 0 unspecified atom stereocenters. The highest BCUT2D eigenvalue weighted by molar-refractivity contribution is 7.87. The van der Waals surface area contributed by atoms with E-state index in [0.717, 1.165) is 36.7 Å². The lowest BCUT2D eigenvalue weighted by molar-refractivity contribution is -0.140. The zero-order valence-corrected chi connectivity index (χ0v) is 14.0. The molecule has 1 aliphatic rings. The van der Waals surface area contributed by atoms with Crippen LogP contribution in [0, 0.1) is 5.92 Å². The first-order valence-electron chi connectivity index (χ1n) is 7.31. The highest BCUT2D eigenvalue weighted by Crippen LogP contribution is 2.18. The lowest BCUT2D eigenvalue weighted by Crippen LogP contribution is -2.40. The molecule has 0 aliphatic carbocycles. The number of ether oxygens (including phenoxy) is 1. The first-order valence-corrected chi connectivity index (χ1v) is 8.75. The van der Waals surface area contributed by atoms with Crippen LogP contribution >= 0.6 is 0 Å². The van der Waals surface area contributed by atoms with Gasteiger partial charge in [0.15, 0.2) is 0 Å². The summed E-state index contributed by atoms with van der Waals surface area (Å²) in [5, 5.41) is 0. The molecule has 0 amide bonds. The molecular formula is C13H27N3O4S. The minimum atomic E-state index is -3.51. The summed E-state index contributed by atoms with van der Waals surface area (Å²) in [6.45, 7) is 2.72. The Kier molecular flexibility index (Phi) is 7.58. The molecule has 0 aromatic carbocycles. The second-order valence-corrected chi connectivity index (χ2v) is 7.44. The summed E-state index contributed by atoms with van der Waals surface area (Å²) < 4.78 is 32.2. The molecule has 1 N–H and O–H groups in total. The average Bonchev–Trinajstić information content (AvgIpc) is 2.46. The van der Waals surface area contributed by atoms with Crippen molar-refractivity contribution in [3.8, 4) is 0 Å². The van der Waals surface area contributed by atoms with Crippen LogP contribution in [0.4, 0.5) is 0 Å². The number of nitrogens with one attached hydrogen (secondary N) is 1. The molecular weight excluding hydrogens is 294 g/mol. The highest BCUT2D eigenvalue weighted by atomic mass is 32.2. The summed E-state index contributed by atoms with van der Waals surface area (Å²) in [7, 11) is 1.34. The molecule has 0 bridgehead atoms. The Morgan fingerprint density at radius 3 is 2.57 bits per heavy atom. The standard InChI is InChI=1S/C13H27N3O4S/c1-15-9-5-12(6-10-15)4-8-14-21(18,19)16(2)11-7-13(17)20-3/h12,14H,4-11H2,1-3H3. The SMILES string of the molecule is COC(=O)CCN(C)S(=O)(=O)NCCC1CCN(C)CC1. The summed E-state index contributed by atoms with van der Waals surface area (Å²) in [6.07, 6.45) is 3.16. The molecule has 1 heterocycles. The molecule has 8 heteroatoms. The van der Waals surface area contributed by atoms with Gasteiger partial charge in [-0.3, -0.25) is 4.79 Å². The Morgan fingerprint density at radius 1 is 1.38 bits per heavy atom. The van der Waals surface area contributed by atoms with Crippen molar-refractivity contribution in [3.63, 3.8) is 0 Å². The van der Waals surface area contributed by atoms with E-state index in [9.17, 15) is 13.2 Å². The van der Waals surface area contributed by atoms with Gasteiger partial charge in [-0.15, -0.1) is 0 Å². The van der Waals surface area contributed by atoms with Crippen molar-refractivity contribution in [3.05, 3.63) is 0 Å². The molecule has 1 aliphatic heterocycles. The molecule has 0 aromatic heterocycles. The molecule has 7 nitrogen and oxygen atoms in total. The van der Waals surface area contributed by atoms with Gasteiger partial charge in [0.05, 0.1) is 13.5 Å². The molecule has 0 atom stereocenters. The van der Waals surface area contributed by atoms with Gasteiger partial charge in [-0.2, -0.15) is 12.7 Å². The van der Waals surface area contributed by atoms with Crippen LogP contribution in [0.3, 0.4) is 0 Å². The highest BCUT2D eigenvalue weighted by Gasteiger charge is 2.20. The van der Waals surface area contributed by atoms with Crippen LogP contribution in [0.1, 0.15) is 25.7 Å². The number of likely N-dealkylation sites (tertiary alicyclic amines) is 1. The van der Waals surface area contributed by atoms with Crippen molar-refractivity contribution in [1.82, 2.24) is 13.9 Å². The van der Waals surface area contributed by atoms with Crippen LogP contribution in [0.25, 0.3) is 0 Å². The van der Waals surface area contributed by atoms with E-state index in [-0.39, 0.29) is 13.0 Å². The molecule has 124 valence electrons. The van der Waals surface area contributed by atoms with Crippen molar-refractivity contribution in [2.45, 2.75) is 25.7 Å². The zero-order valence-electron chi connectivity index (χ0n) is 13.2. The monoisotopic (exact) mass is 321 g/mol. The van der Waals surface area contributed by atoms with Gasteiger partial charge in [-0.25, -0.2) is 4.72 Å². The number of nitrogens with zero attached hydrogens (tertiary/aromatic N) is 2. The fourth-order valence-corrected chi connectivity index (χ4v) is 3.25. The Hall–Kier alpha value is -0.700. The molecule has 1 saturated heterocycles. The van der Waals surface area contributed by atoms with E-state index in [1.807, 2.05) is 0 Å². The average molecular weight is 321 g/mol. The number of piperidine rings is 1. The molecule has 0 aromatic rings. The van der Waals surface area contributed by atoms with Crippen LogP contribution in [-0.2, 0) is 19.7 Å². The van der Waals surface area contributed by atoms with Gasteiger partial charge >= 0.3 is 5.97 Å². The van der Waals surface area contributed by atoms with E-state index < -0.39 is 16.2 Å². The predicted octanol–water partition coefficient (Wildman–Crippen LogP) is 0.0476. The number of hydrogen-bond acceptors (Lipinski definition) is 5. The van der Waals surface area contributed by atoms with Crippen molar-refractivity contribution in [1.29, 1.82) is 0 Å². The number of methoxy groups -OCH3 is 1. The fourth-order valence-electron chi connectivity index (χ4n) is 2.32. The third-order valence-electron chi connectivity index (χ3n) is 3.94. The largest absolute Gasteiger partial charge is 0.469 e. The summed E-state index contributed by atoms with van der Waals surface area (Å²) in [6, 6.07) is 0. The van der Waals surface area contributed by atoms with Gasteiger partial charge < -0.3 is 9.64 Å². The van der Waals surface area contributed by atoms with Crippen molar-refractivity contribution >= 4 is 16.2 Å². The molecule has 0 radical (unpaired) electrons. The van der Waals surface area contributed by atoms with Crippen molar-refractivity contribution < 1.29 is 17.9 Å². The minimum absolute atomic E-state index is 0.0584. The molecule has 21 heavy (non-hydrogen) atoms. The van der Waals surface area contributed by atoms with Crippen LogP contribution in [0.2, 0.25) is 0 Å². The first kappa shape index (κ1) is 18.3. The Morgan fingerprint density at radius 2 is 2.00 bits per heavy atom. The Balaban J connectivity index is 2.27. The number of carbonyl (C=O) groups excluding carboxylic acids is 1. The lowest BCUT2D eigenvalue weighted by Gasteiger charge is -2.29. The second kappa shape index (κ2) is 8.67. The first-order chi connectivity index (χ1) is 9.85. The number of carbonyl (C=O) groups is 1. The third kappa shape index (κ3) is 6.73. The summed E-state index contributed by atoms with van der Waals surface area (Å²) in [5.41, 5.74) is 0. The predicted molar refractivity (Wildman–Crippen MR) is 81.0 cm³/mol. The van der Waals surface area contributed by atoms with Gasteiger partial charge in [0.1, 0.15) is 0 Å². The van der Waals surface area contributed by atoms with Crippen molar-refractivity contribution in [2.75, 3.05) is 47.4 Å². The maximum Gasteiger partial charge on any atom is 0.306 e. The van der Waals surface area contributed by atoms with Crippen LogP contribution < -0.4 is 4.72 Å². The van der Waals surface area contributed by atoms with Crippen LogP contribution in [0.5, 0.6) is 0 Å². The Labute approximate surface area is 127 Å². The van der Waals surface area contributed by atoms with E-state index >= 15 is 0 Å². The number of rotatable bonds is 8. The van der Waals surface area contributed by atoms with Gasteiger partial charge in [-0.1, -0.05) is 0 Å². The number of esters is 1. The van der Waals surface area contributed by atoms with Gasteiger partial charge in [0, 0.05) is 20.1 Å². The molecule has 0 saturated carbocycles. The van der Waals surface area contributed by atoms with Gasteiger partial charge in [0.2, 0.25) is 0 Å². The second-order valence-electron chi connectivity index (χ2n) is 5.58. The summed E-state index contributed by atoms with van der Waals surface area (Å²) in [4.78, 5) is 13.3. The van der Waals surface area contributed by atoms with E-state index in [0.29, 0.717) is 12.5 Å².